The molecule has 1 aliphatic rings. The smallest absolute Gasteiger partial charge is 0.323 e. The zero-order valence-electron chi connectivity index (χ0n) is 14.4. The predicted molar refractivity (Wildman–Crippen MR) is 96.7 cm³/mol. The molecule has 2 aromatic rings. The highest BCUT2D eigenvalue weighted by Crippen LogP contribution is 2.25. The Hall–Kier alpha value is -2.64. The molecule has 0 saturated carbocycles. The van der Waals surface area contributed by atoms with E-state index >= 15 is 0 Å². The third-order valence-electron chi connectivity index (χ3n) is 4.79. The van der Waals surface area contributed by atoms with Crippen LogP contribution in [-0.4, -0.2) is 30.6 Å². The van der Waals surface area contributed by atoms with E-state index < -0.39 is 0 Å². The van der Waals surface area contributed by atoms with Gasteiger partial charge in [-0.2, -0.15) is 5.26 Å². The summed E-state index contributed by atoms with van der Waals surface area (Å²) >= 11 is 0. The van der Waals surface area contributed by atoms with Crippen molar-refractivity contribution in [3.05, 3.63) is 59.7 Å². The number of ether oxygens (including phenoxy) is 1. The monoisotopic (exact) mass is 334 g/mol. The number of benzene rings is 2. The first-order valence-electron chi connectivity index (χ1n) is 8.63. The molecule has 25 heavy (non-hydrogen) atoms. The molecule has 1 heterocycles. The van der Waals surface area contributed by atoms with Crippen molar-refractivity contribution in [3.63, 3.8) is 0 Å². The number of nitriles is 1. The lowest BCUT2D eigenvalue weighted by Crippen LogP contribution is -2.44. The van der Waals surface area contributed by atoms with Gasteiger partial charge in [0.1, 0.15) is 6.04 Å². The van der Waals surface area contributed by atoms with Crippen LogP contribution in [0.15, 0.2) is 48.5 Å². The summed E-state index contributed by atoms with van der Waals surface area (Å²) in [4.78, 5) is 14.2. The first-order valence-corrected chi connectivity index (χ1v) is 8.63. The van der Waals surface area contributed by atoms with Crippen LogP contribution >= 0.6 is 0 Å². The molecular weight excluding hydrogens is 312 g/mol. The molecule has 2 aromatic carbocycles. The van der Waals surface area contributed by atoms with E-state index in [9.17, 15) is 10.1 Å². The Morgan fingerprint density at radius 2 is 1.96 bits per heavy atom. The van der Waals surface area contributed by atoms with Crippen LogP contribution in [0.2, 0.25) is 0 Å². The zero-order chi connectivity index (χ0) is 17.6. The fraction of sp³-hybridized carbons (Fsp3) is 0.333. The Balaban J connectivity index is 1.76. The van der Waals surface area contributed by atoms with E-state index in [1.54, 1.807) is 0 Å². The number of likely N-dealkylation sites (tertiary alicyclic amines) is 1. The fourth-order valence-electron chi connectivity index (χ4n) is 3.44. The first kappa shape index (κ1) is 17.2. The Morgan fingerprint density at radius 3 is 2.68 bits per heavy atom. The van der Waals surface area contributed by atoms with Gasteiger partial charge in [0.25, 0.3) is 0 Å². The Morgan fingerprint density at radius 1 is 1.20 bits per heavy atom. The molecule has 0 unspecified atom stereocenters. The van der Waals surface area contributed by atoms with Gasteiger partial charge in [-0.05, 0) is 42.1 Å². The molecule has 4 heteroatoms. The molecule has 0 radical (unpaired) electrons. The third kappa shape index (κ3) is 3.89. The van der Waals surface area contributed by atoms with Crippen LogP contribution in [0.25, 0.3) is 11.1 Å². The average Bonchev–Trinajstić information content (AvgIpc) is 2.68. The molecule has 0 bridgehead atoms. The Bertz CT molecular complexity index is 777. The first-order chi connectivity index (χ1) is 12.2. The van der Waals surface area contributed by atoms with Crippen molar-refractivity contribution in [2.24, 2.45) is 0 Å². The van der Waals surface area contributed by atoms with Crippen LogP contribution in [0.1, 0.15) is 30.4 Å². The molecule has 4 nitrogen and oxygen atoms in total. The Labute approximate surface area is 148 Å². The quantitative estimate of drug-likeness (QED) is 0.799. The van der Waals surface area contributed by atoms with E-state index in [1.165, 1.54) is 7.11 Å². The average molecular weight is 334 g/mol. The van der Waals surface area contributed by atoms with Gasteiger partial charge in [0.15, 0.2) is 0 Å². The van der Waals surface area contributed by atoms with Crippen LogP contribution in [0, 0.1) is 11.3 Å². The molecular formula is C21H22N2O2. The van der Waals surface area contributed by atoms with Gasteiger partial charge in [-0.15, -0.1) is 0 Å². The number of hydrogen-bond acceptors (Lipinski definition) is 4. The van der Waals surface area contributed by atoms with Gasteiger partial charge in [-0.25, -0.2) is 0 Å². The number of carbonyl (C=O) groups is 1. The fourth-order valence-corrected chi connectivity index (χ4v) is 3.44. The highest BCUT2D eigenvalue weighted by molar-refractivity contribution is 5.75. The highest BCUT2D eigenvalue weighted by Gasteiger charge is 2.29. The second-order valence-corrected chi connectivity index (χ2v) is 6.36. The molecule has 0 N–H and O–H groups in total. The van der Waals surface area contributed by atoms with Crippen LogP contribution < -0.4 is 0 Å². The number of hydrogen-bond donors (Lipinski definition) is 0. The lowest BCUT2D eigenvalue weighted by Gasteiger charge is -2.33. The van der Waals surface area contributed by atoms with Crippen LogP contribution in [0.3, 0.4) is 0 Å². The number of esters is 1. The van der Waals surface area contributed by atoms with E-state index in [1.807, 2.05) is 36.4 Å². The second-order valence-electron chi connectivity index (χ2n) is 6.36. The van der Waals surface area contributed by atoms with E-state index in [4.69, 9.17) is 4.74 Å². The normalized spacial score (nSPS) is 17.7. The summed E-state index contributed by atoms with van der Waals surface area (Å²) in [7, 11) is 1.45. The number of piperidine rings is 1. The van der Waals surface area contributed by atoms with Gasteiger partial charge in [-0.3, -0.25) is 9.69 Å². The summed E-state index contributed by atoms with van der Waals surface area (Å²) in [6, 6.07) is 18.0. The molecule has 0 spiro atoms. The standard InChI is InChI=1S/C21H22N2O2/c1-25-21(24)20-8-4-5-13-23(20)15-16-9-11-17(12-10-16)19-7-3-2-6-18(19)14-22/h2-3,6-7,9-12,20H,4-5,8,13,15H2,1H3/t20-/m0/s1. The van der Waals surface area contributed by atoms with Crippen molar-refractivity contribution in [2.75, 3.05) is 13.7 Å². The van der Waals surface area contributed by atoms with E-state index in [0.717, 1.165) is 49.0 Å². The zero-order valence-corrected chi connectivity index (χ0v) is 14.4. The summed E-state index contributed by atoms with van der Waals surface area (Å²) < 4.78 is 4.95. The highest BCUT2D eigenvalue weighted by atomic mass is 16.5. The maximum Gasteiger partial charge on any atom is 0.323 e. The van der Waals surface area contributed by atoms with Crippen molar-refractivity contribution >= 4 is 5.97 Å². The van der Waals surface area contributed by atoms with Gasteiger partial charge in [0.05, 0.1) is 18.7 Å². The molecule has 1 fully saturated rings. The van der Waals surface area contributed by atoms with Crippen molar-refractivity contribution in [3.8, 4) is 17.2 Å². The van der Waals surface area contributed by atoms with Crippen molar-refractivity contribution in [1.82, 2.24) is 4.90 Å². The van der Waals surface area contributed by atoms with Crippen LogP contribution in [0.5, 0.6) is 0 Å². The van der Waals surface area contributed by atoms with Crippen molar-refractivity contribution < 1.29 is 9.53 Å². The van der Waals surface area contributed by atoms with Gasteiger partial charge in [0.2, 0.25) is 0 Å². The SMILES string of the molecule is COC(=O)[C@@H]1CCCCN1Cc1ccc(-c2ccccc2C#N)cc1. The minimum Gasteiger partial charge on any atom is -0.468 e. The van der Waals surface area contributed by atoms with Gasteiger partial charge in [-0.1, -0.05) is 48.9 Å². The molecule has 0 aliphatic carbocycles. The Kier molecular flexibility index (Phi) is 5.47. The molecule has 1 saturated heterocycles. The molecule has 1 atom stereocenters. The van der Waals surface area contributed by atoms with Gasteiger partial charge in [0, 0.05) is 6.54 Å². The predicted octanol–water partition coefficient (Wildman–Crippen LogP) is 3.75. The molecule has 1 aliphatic heterocycles. The number of rotatable bonds is 4. The third-order valence-corrected chi connectivity index (χ3v) is 4.79. The van der Waals surface area contributed by atoms with E-state index in [2.05, 4.69) is 23.1 Å². The minimum atomic E-state index is -0.141. The number of methoxy groups -OCH3 is 1. The minimum absolute atomic E-state index is 0.140. The number of carbonyl (C=O) groups excluding carboxylic acids is 1. The maximum absolute atomic E-state index is 12.0. The molecule has 0 aromatic heterocycles. The van der Waals surface area contributed by atoms with Crippen LogP contribution in [0.4, 0.5) is 0 Å². The number of nitrogens with zero attached hydrogens (tertiary/aromatic N) is 2. The maximum atomic E-state index is 12.0. The largest absolute Gasteiger partial charge is 0.468 e. The summed E-state index contributed by atoms with van der Waals surface area (Å²) in [6.07, 6.45) is 3.04. The summed E-state index contributed by atoms with van der Waals surface area (Å²) in [5, 5.41) is 9.25. The summed E-state index contributed by atoms with van der Waals surface area (Å²) in [6.45, 7) is 1.65. The second kappa shape index (κ2) is 7.96. The van der Waals surface area contributed by atoms with Crippen LogP contribution in [-0.2, 0) is 16.1 Å². The van der Waals surface area contributed by atoms with Gasteiger partial charge < -0.3 is 4.74 Å². The summed E-state index contributed by atoms with van der Waals surface area (Å²) in [5.74, 6) is -0.140. The van der Waals surface area contributed by atoms with Gasteiger partial charge >= 0.3 is 5.97 Å². The van der Waals surface area contributed by atoms with Crippen molar-refractivity contribution in [1.29, 1.82) is 5.26 Å². The molecule has 0 amide bonds. The topological polar surface area (TPSA) is 53.3 Å². The lowest BCUT2D eigenvalue weighted by atomic mass is 9.98. The summed E-state index contributed by atoms with van der Waals surface area (Å²) in [5.41, 5.74) is 3.82. The lowest BCUT2D eigenvalue weighted by molar-refractivity contribution is -0.148. The van der Waals surface area contributed by atoms with E-state index in [-0.39, 0.29) is 12.0 Å². The van der Waals surface area contributed by atoms with Crippen molar-refractivity contribution in [2.45, 2.75) is 31.8 Å². The molecule has 3 rings (SSSR count). The molecule has 128 valence electrons. The van der Waals surface area contributed by atoms with E-state index in [0.29, 0.717) is 5.56 Å².